The van der Waals surface area contributed by atoms with Crippen molar-refractivity contribution in [3.8, 4) is 5.69 Å². The molecule has 2 aromatic rings. The smallest absolute Gasteiger partial charge is 0.0822 e. The fraction of sp³-hybridized carbons (Fsp3) is 0.571. The van der Waals surface area contributed by atoms with Crippen molar-refractivity contribution in [2.45, 2.75) is 50.8 Å². The lowest BCUT2D eigenvalue weighted by Crippen LogP contribution is -2.54. The normalized spacial score (nSPS) is 25.9. The van der Waals surface area contributed by atoms with Crippen LogP contribution in [-0.4, -0.2) is 62.8 Å². The zero-order valence-corrected chi connectivity index (χ0v) is 15.5. The average molecular weight is 354 g/mol. The van der Waals surface area contributed by atoms with Gasteiger partial charge in [0, 0.05) is 43.8 Å². The molecule has 0 saturated carbocycles. The quantitative estimate of drug-likeness (QED) is 0.917. The number of aliphatic hydroxyl groups is 1. The highest BCUT2D eigenvalue weighted by Crippen LogP contribution is 2.23. The highest BCUT2D eigenvalue weighted by molar-refractivity contribution is 5.32. The molecule has 4 rings (SSSR count). The number of likely N-dealkylation sites (tertiary alicyclic amines) is 2. The second-order valence-electron chi connectivity index (χ2n) is 7.69. The van der Waals surface area contributed by atoms with Crippen molar-refractivity contribution in [3.05, 3.63) is 48.5 Å². The lowest BCUT2D eigenvalue weighted by molar-refractivity contribution is -0.0148. The topological polar surface area (TPSA) is 44.5 Å². The van der Waals surface area contributed by atoms with Crippen molar-refractivity contribution in [1.82, 2.24) is 19.4 Å². The number of nitrogens with zero attached hydrogens (tertiary/aromatic N) is 4. The number of hydrogen-bond acceptors (Lipinski definition) is 4. The van der Waals surface area contributed by atoms with Crippen LogP contribution in [0.3, 0.4) is 0 Å². The Balaban J connectivity index is 1.39. The third-order valence-corrected chi connectivity index (χ3v) is 5.88. The second kappa shape index (κ2) is 8.33. The lowest BCUT2D eigenvalue weighted by Gasteiger charge is -2.41. The van der Waals surface area contributed by atoms with E-state index in [4.69, 9.17) is 0 Å². The Kier molecular flexibility index (Phi) is 5.68. The van der Waals surface area contributed by atoms with Gasteiger partial charge in [0.2, 0.25) is 0 Å². The van der Waals surface area contributed by atoms with Crippen molar-refractivity contribution in [3.63, 3.8) is 0 Å². The molecule has 2 aliphatic heterocycles. The van der Waals surface area contributed by atoms with Crippen LogP contribution in [0.4, 0.5) is 0 Å². The second-order valence-corrected chi connectivity index (χ2v) is 7.69. The highest BCUT2D eigenvalue weighted by Gasteiger charge is 2.32. The molecule has 0 aliphatic carbocycles. The number of hydrogen-bond donors (Lipinski definition) is 1. The molecule has 140 valence electrons. The van der Waals surface area contributed by atoms with E-state index in [0.717, 1.165) is 44.8 Å². The van der Waals surface area contributed by atoms with E-state index in [1.807, 2.05) is 12.3 Å². The first-order valence-electron chi connectivity index (χ1n) is 10.0. The summed E-state index contributed by atoms with van der Waals surface area (Å²) in [5, 5.41) is 10.8. The summed E-state index contributed by atoms with van der Waals surface area (Å²) in [7, 11) is 0. The summed E-state index contributed by atoms with van der Waals surface area (Å²) in [4.78, 5) is 9.17. The van der Waals surface area contributed by atoms with E-state index in [-0.39, 0.29) is 6.10 Å². The third-order valence-electron chi connectivity index (χ3n) is 5.88. The fourth-order valence-corrected chi connectivity index (χ4v) is 4.50. The number of pyridine rings is 1. The summed E-state index contributed by atoms with van der Waals surface area (Å²) < 4.78 is 2.19. The monoisotopic (exact) mass is 354 g/mol. The predicted molar refractivity (Wildman–Crippen MR) is 103 cm³/mol. The molecule has 0 radical (unpaired) electrons. The van der Waals surface area contributed by atoms with Crippen LogP contribution in [0.2, 0.25) is 0 Å². The summed E-state index contributed by atoms with van der Waals surface area (Å²) in [5.74, 6) is 0. The highest BCUT2D eigenvalue weighted by atomic mass is 16.3. The Hall–Kier alpha value is -1.69. The Morgan fingerprint density at radius 1 is 1.04 bits per heavy atom. The first-order chi connectivity index (χ1) is 12.8. The zero-order chi connectivity index (χ0) is 17.8. The van der Waals surface area contributed by atoms with Crippen molar-refractivity contribution < 1.29 is 5.11 Å². The van der Waals surface area contributed by atoms with Gasteiger partial charge >= 0.3 is 0 Å². The summed E-state index contributed by atoms with van der Waals surface area (Å²) in [5.41, 5.74) is 2.34. The van der Waals surface area contributed by atoms with Gasteiger partial charge in [-0.15, -0.1) is 0 Å². The molecular weight excluding hydrogens is 324 g/mol. The van der Waals surface area contributed by atoms with Crippen LogP contribution < -0.4 is 0 Å². The van der Waals surface area contributed by atoms with Crippen molar-refractivity contribution >= 4 is 0 Å². The standard InChI is InChI=1S/C21H30N4O/c26-21-17-23(14-9-20(21)24-11-3-1-2-4-12-24)16-19-8-6-13-25(19)18-7-5-10-22-15-18/h5-8,10,13,15,20-21,26H,1-4,9,11-12,14,16-17H2/t20-,21-/m1/s1. The predicted octanol–water partition coefficient (Wildman–Crippen LogP) is 2.68. The van der Waals surface area contributed by atoms with Crippen LogP contribution in [0.25, 0.3) is 5.69 Å². The largest absolute Gasteiger partial charge is 0.390 e. The van der Waals surface area contributed by atoms with Crippen molar-refractivity contribution in [1.29, 1.82) is 0 Å². The van der Waals surface area contributed by atoms with Gasteiger partial charge in [0.1, 0.15) is 0 Å². The van der Waals surface area contributed by atoms with Crippen molar-refractivity contribution in [2.75, 3.05) is 26.2 Å². The maximum absolute atomic E-state index is 10.8. The molecule has 0 spiro atoms. The molecule has 2 saturated heterocycles. The summed E-state index contributed by atoms with van der Waals surface area (Å²) >= 11 is 0. The molecule has 0 unspecified atom stereocenters. The number of aliphatic hydroxyl groups excluding tert-OH is 1. The van der Waals surface area contributed by atoms with Gasteiger partial charge in [0.15, 0.2) is 0 Å². The fourth-order valence-electron chi connectivity index (χ4n) is 4.50. The zero-order valence-electron chi connectivity index (χ0n) is 15.5. The Labute approximate surface area is 156 Å². The average Bonchev–Trinajstić information content (AvgIpc) is 2.95. The summed E-state index contributed by atoms with van der Waals surface area (Å²) in [6.45, 7) is 5.00. The van der Waals surface area contributed by atoms with Crippen LogP contribution >= 0.6 is 0 Å². The van der Waals surface area contributed by atoms with Gasteiger partial charge in [-0.3, -0.25) is 14.8 Å². The molecule has 2 aromatic heterocycles. The van der Waals surface area contributed by atoms with E-state index in [2.05, 4.69) is 43.7 Å². The van der Waals surface area contributed by atoms with Gasteiger partial charge in [-0.1, -0.05) is 12.8 Å². The summed E-state index contributed by atoms with van der Waals surface area (Å²) in [6.07, 6.45) is 11.9. The van der Waals surface area contributed by atoms with Crippen LogP contribution in [0.5, 0.6) is 0 Å². The van der Waals surface area contributed by atoms with Crippen LogP contribution in [-0.2, 0) is 6.54 Å². The Morgan fingerprint density at radius 3 is 2.62 bits per heavy atom. The molecule has 0 amide bonds. The van der Waals surface area contributed by atoms with E-state index >= 15 is 0 Å². The number of aromatic nitrogens is 2. The van der Waals surface area contributed by atoms with Crippen molar-refractivity contribution in [2.24, 2.45) is 0 Å². The lowest BCUT2D eigenvalue weighted by atomic mass is 9.99. The molecule has 4 heterocycles. The minimum absolute atomic E-state index is 0.247. The molecule has 26 heavy (non-hydrogen) atoms. The first kappa shape index (κ1) is 17.7. The van der Waals surface area contributed by atoms with Gasteiger partial charge in [-0.05, 0) is 56.6 Å². The maximum atomic E-state index is 10.8. The van der Waals surface area contributed by atoms with Crippen LogP contribution in [0.1, 0.15) is 37.8 Å². The van der Waals surface area contributed by atoms with Gasteiger partial charge in [0.25, 0.3) is 0 Å². The minimum Gasteiger partial charge on any atom is -0.390 e. The van der Waals surface area contributed by atoms with E-state index in [9.17, 15) is 5.11 Å². The minimum atomic E-state index is -0.247. The molecule has 5 heteroatoms. The van der Waals surface area contributed by atoms with Crippen LogP contribution in [0.15, 0.2) is 42.9 Å². The molecule has 0 aromatic carbocycles. The maximum Gasteiger partial charge on any atom is 0.0822 e. The number of rotatable bonds is 4. The molecule has 2 aliphatic rings. The Morgan fingerprint density at radius 2 is 1.88 bits per heavy atom. The molecular formula is C21H30N4O. The first-order valence-corrected chi connectivity index (χ1v) is 10.0. The van der Waals surface area contributed by atoms with E-state index < -0.39 is 0 Å². The SMILES string of the molecule is O[C@@H]1CN(Cc2cccn2-c2cccnc2)CC[C@H]1N1CCCCCC1. The van der Waals surface area contributed by atoms with Gasteiger partial charge in [0.05, 0.1) is 18.0 Å². The van der Waals surface area contributed by atoms with E-state index in [1.54, 1.807) is 6.20 Å². The van der Waals surface area contributed by atoms with Gasteiger partial charge in [-0.2, -0.15) is 0 Å². The number of piperidine rings is 1. The molecule has 1 N–H and O–H groups in total. The third kappa shape index (κ3) is 4.00. The summed E-state index contributed by atoms with van der Waals surface area (Å²) in [6, 6.07) is 8.64. The molecule has 2 atom stereocenters. The van der Waals surface area contributed by atoms with E-state index in [1.165, 1.54) is 31.4 Å². The van der Waals surface area contributed by atoms with Gasteiger partial charge in [-0.25, -0.2) is 0 Å². The number of β-amino-alcohol motifs (C(OH)–C–C–N with tert-alkyl or cyclic N) is 1. The molecule has 0 bridgehead atoms. The molecule has 2 fully saturated rings. The van der Waals surface area contributed by atoms with E-state index in [0.29, 0.717) is 6.04 Å². The van der Waals surface area contributed by atoms with Gasteiger partial charge < -0.3 is 9.67 Å². The molecule has 5 nitrogen and oxygen atoms in total. The Bertz CT molecular complexity index is 678. The van der Waals surface area contributed by atoms with Crippen LogP contribution in [0, 0.1) is 0 Å².